The van der Waals surface area contributed by atoms with E-state index in [2.05, 4.69) is 0 Å². The summed E-state index contributed by atoms with van der Waals surface area (Å²) in [5.74, 6) is -2.39. The van der Waals surface area contributed by atoms with Crippen molar-refractivity contribution in [3.63, 3.8) is 0 Å². The van der Waals surface area contributed by atoms with Gasteiger partial charge in [-0.25, -0.2) is 9.18 Å². The smallest absolute Gasteiger partial charge is 0.337 e. The Kier molecular flexibility index (Phi) is 3.31. The van der Waals surface area contributed by atoms with Crippen molar-refractivity contribution in [2.75, 3.05) is 0 Å². The maximum atomic E-state index is 12.9. The number of carboxylic acids is 1. The molecular weight excluding hydrogens is 234 g/mol. The van der Waals surface area contributed by atoms with E-state index in [1.165, 1.54) is 0 Å². The lowest BCUT2D eigenvalue weighted by atomic mass is 10.1. The molecule has 0 aliphatic carbocycles. The molecule has 0 amide bonds. The molecule has 0 fully saturated rings. The van der Waals surface area contributed by atoms with Crippen LogP contribution in [-0.2, 0) is 4.79 Å². The van der Waals surface area contributed by atoms with Crippen LogP contribution in [0.4, 0.5) is 4.39 Å². The number of rotatable bonds is 2. The van der Waals surface area contributed by atoms with E-state index >= 15 is 0 Å². The Morgan fingerprint density at radius 1 is 1.43 bits per heavy atom. The van der Waals surface area contributed by atoms with Gasteiger partial charge in [0.1, 0.15) is 5.82 Å². The standard InChI is InChI=1S/C8H5Cl2FO3/c9-3-1-4(7(12)8(13)14)6(10)5(11)2-3/h1-2,7,12H,(H,13,14)/t7-/m0/s1. The summed E-state index contributed by atoms with van der Waals surface area (Å²) in [6.45, 7) is 0. The number of aliphatic hydroxyl groups excluding tert-OH is 1. The van der Waals surface area contributed by atoms with Crippen LogP contribution in [0.2, 0.25) is 10.0 Å². The summed E-state index contributed by atoms with van der Waals surface area (Å²) in [5.41, 5.74) is -0.260. The first kappa shape index (κ1) is 11.2. The van der Waals surface area contributed by atoms with E-state index in [1.54, 1.807) is 0 Å². The van der Waals surface area contributed by atoms with Gasteiger partial charge in [0.05, 0.1) is 5.02 Å². The number of benzene rings is 1. The molecule has 0 saturated carbocycles. The fraction of sp³-hybridized carbons (Fsp3) is 0.125. The van der Waals surface area contributed by atoms with Gasteiger partial charge in [-0.15, -0.1) is 0 Å². The Balaban J connectivity index is 3.26. The molecule has 0 aromatic heterocycles. The van der Waals surface area contributed by atoms with Crippen LogP contribution in [0.3, 0.4) is 0 Å². The van der Waals surface area contributed by atoms with Crippen molar-refractivity contribution in [3.05, 3.63) is 33.6 Å². The van der Waals surface area contributed by atoms with Gasteiger partial charge in [0, 0.05) is 10.6 Å². The third-order valence-electron chi connectivity index (χ3n) is 1.55. The summed E-state index contributed by atoms with van der Waals surface area (Å²) >= 11 is 10.9. The second kappa shape index (κ2) is 4.13. The monoisotopic (exact) mass is 238 g/mol. The normalized spacial score (nSPS) is 12.6. The molecule has 1 rings (SSSR count). The number of carboxylic acid groups (broad SMARTS) is 1. The molecule has 0 radical (unpaired) electrons. The molecule has 0 aliphatic rings. The Morgan fingerprint density at radius 3 is 2.50 bits per heavy atom. The zero-order valence-electron chi connectivity index (χ0n) is 6.67. The largest absolute Gasteiger partial charge is 0.479 e. The van der Waals surface area contributed by atoms with Crippen LogP contribution < -0.4 is 0 Å². The van der Waals surface area contributed by atoms with Gasteiger partial charge < -0.3 is 10.2 Å². The van der Waals surface area contributed by atoms with Crippen LogP contribution >= 0.6 is 23.2 Å². The quantitative estimate of drug-likeness (QED) is 0.778. The first-order chi connectivity index (χ1) is 6.43. The Morgan fingerprint density at radius 2 is 2.00 bits per heavy atom. The second-order valence-electron chi connectivity index (χ2n) is 2.53. The molecular formula is C8H5Cl2FO3. The number of aliphatic carboxylic acids is 1. The van der Waals surface area contributed by atoms with Gasteiger partial charge in [-0.05, 0) is 12.1 Å². The summed E-state index contributed by atoms with van der Waals surface area (Å²) in [6.07, 6.45) is -1.88. The van der Waals surface area contributed by atoms with Crippen LogP contribution in [0.25, 0.3) is 0 Å². The van der Waals surface area contributed by atoms with Crippen LogP contribution in [0.1, 0.15) is 11.7 Å². The lowest BCUT2D eigenvalue weighted by Gasteiger charge is -2.08. The fourth-order valence-corrected chi connectivity index (χ4v) is 1.33. The Hall–Kier alpha value is -0.840. The zero-order chi connectivity index (χ0) is 10.9. The maximum absolute atomic E-state index is 12.9. The van der Waals surface area contributed by atoms with E-state index in [1.807, 2.05) is 0 Å². The van der Waals surface area contributed by atoms with Crippen LogP contribution in [-0.4, -0.2) is 16.2 Å². The Labute approximate surface area is 88.7 Å². The van der Waals surface area contributed by atoms with Crippen LogP contribution in [0, 0.1) is 5.82 Å². The highest BCUT2D eigenvalue weighted by molar-refractivity contribution is 6.33. The first-order valence-corrected chi connectivity index (χ1v) is 4.24. The summed E-state index contributed by atoms with van der Waals surface area (Å²) in [5, 5.41) is 17.1. The molecule has 6 heteroatoms. The van der Waals surface area contributed by atoms with E-state index in [0.29, 0.717) is 0 Å². The highest BCUT2D eigenvalue weighted by atomic mass is 35.5. The van der Waals surface area contributed by atoms with Gasteiger partial charge in [0.2, 0.25) is 0 Å². The van der Waals surface area contributed by atoms with Crippen molar-refractivity contribution < 1.29 is 19.4 Å². The fourth-order valence-electron chi connectivity index (χ4n) is 0.908. The van der Waals surface area contributed by atoms with Gasteiger partial charge in [-0.3, -0.25) is 0 Å². The van der Waals surface area contributed by atoms with Crippen molar-refractivity contribution in [2.24, 2.45) is 0 Å². The molecule has 0 unspecified atom stereocenters. The van der Waals surface area contributed by atoms with E-state index < -0.39 is 22.9 Å². The molecule has 0 bridgehead atoms. The highest BCUT2D eigenvalue weighted by Gasteiger charge is 2.21. The van der Waals surface area contributed by atoms with Crippen molar-refractivity contribution in [1.29, 1.82) is 0 Å². The predicted molar refractivity (Wildman–Crippen MR) is 49.0 cm³/mol. The van der Waals surface area contributed by atoms with Gasteiger partial charge in [0.15, 0.2) is 6.10 Å². The van der Waals surface area contributed by atoms with Crippen molar-refractivity contribution in [1.82, 2.24) is 0 Å². The van der Waals surface area contributed by atoms with Crippen molar-refractivity contribution in [2.45, 2.75) is 6.10 Å². The van der Waals surface area contributed by atoms with E-state index in [4.69, 9.17) is 33.4 Å². The molecule has 14 heavy (non-hydrogen) atoms. The predicted octanol–water partition coefficient (Wildman–Crippen LogP) is 2.25. The lowest BCUT2D eigenvalue weighted by Crippen LogP contribution is -2.11. The minimum atomic E-state index is -1.88. The van der Waals surface area contributed by atoms with Crippen molar-refractivity contribution >= 4 is 29.2 Å². The van der Waals surface area contributed by atoms with Crippen LogP contribution in [0.15, 0.2) is 12.1 Å². The van der Waals surface area contributed by atoms with Crippen LogP contribution in [0.5, 0.6) is 0 Å². The van der Waals surface area contributed by atoms with Crippen molar-refractivity contribution in [3.8, 4) is 0 Å². The molecule has 0 spiro atoms. The number of halogens is 3. The SMILES string of the molecule is O=C(O)[C@@H](O)c1cc(Cl)cc(F)c1Cl. The lowest BCUT2D eigenvalue weighted by molar-refractivity contribution is -0.146. The average Bonchev–Trinajstić information content (AvgIpc) is 2.09. The zero-order valence-corrected chi connectivity index (χ0v) is 8.18. The molecule has 1 atom stereocenters. The number of aliphatic hydroxyl groups is 1. The molecule has 2 N–H and O–H groups in total. The average molecular weight is 239 g/mol. The summed E-state index contributed by atoms with van der Waals surface area (Å²) < 4.78 is 12.9. The minimum Gasteiger partial charge on any atom is -0.479 e. The van der Waals surface area contributed by atoms with Gasteiger partial charge in [0.25, 0.3) is 0 Å². The molecule has 0 heterocycles. The number of hydrogen-bond donors (Lipinski definition) is 2. The van der Waals surface area contributed by atoms with E-state index in [-0.39, 0.29) is 10.6 Å². The molecule has 0 saturated heterocycles. The van der Waals surface area contributed by atoms with Gasteiger partial charge in [-0.2, -0.15) is 0 Å². The third-order valence-corrected chi connectivity index (χ3v) is 2.17. The summed E-state index contributed by atoms with van der Waals surface area (Å²) in [7, 11) is 0. The molecule has 1 aromatic rings. The Bertz CT molecular complexity index is 381. The second-order valence-corrected chi connectivity index (χ2v) is 3.35. The van der Waals surface area contributed by atoms with Gasteiger partial charge >= 0.3 is 5.97 Å². The van der Waals surface area contributed by atoms with E-state index in [0.717, 1.165) is 12.1 Å². The number of carbonyl (C=O) groups is 1. The maximum Gasteiger partial charge on any atom is 0.337 e. The first-order valence-electron chi connectivity index (χ1n) is 3.48. The molecule has 3 nitrogen and oxygen atoms in total. The summed E-state index contributed by atoms with van der Waals surface area (Å²) in [6, 6.07) is 2.04. The topological polar surface area (TPSA) is 57.5 Å². The van der Waals surface area contributed by atoms with E-state index in [9.17, 15) is 9.18 Å². The van der Waals surface area contributed by atoms with Gasteiger partial charge in [-0.1, -0.05) is 23.2 Å². The third kappa shape index (κ3) is 2.15. The minimum absolute atomic E-state index is 0.0257. The highest BCUT2D eigenvalue weighted by Crippen LogP contribution is 2.29. The molecule has 76 valence electrons. The molecule has 1 aromatic carbocycles. The molecule has 0 aliphatic heterocycles. The number of hydrogen-bond acceptors (Lipinski definition) is 2. The summed E-state index contributed by atoms with van der Waals surface area (Å²) in [4.78, 5) is 10.4.